The van der Waals surface area contributed by atoms with Crippen LogP contribution in [0, 0.1) is 5.92 Å². The van der Waals surface area contributed by atoms with E-state index in [0.29, 0.717) is 17.9 Å². The third kappa shape index (κ3) is 3.42. The Hall–Kier alpha value is -1.17. The molecule has 0 spiro atoms. The Bertz CT molecular complexity index is 520. The molecule has 5 nitrogen and oxygen atoms in total. The molecule has 5 heteroatoms. The van der Waals surface area contributed by atoms with E-state index in [2.05, 4.69) is 30.5 Å². The maximum absolute atomic E-state index is 9.22. The summed E-state index contributed by atoms with van der Waals surface area (Å²) < 4.78 is 7.44. The van der Waals surface area contributed by atoms with Crippen LogP contribution in [0.25, 0.3) is 0 Å². The monoisotopic (exact) mass is 305 g/mol. The summed E-state index contributed by atoms with van der Waals surface area (Å²) >= 11 is 0. The van der Waals surface area contributed by atoms with E-state index in [0.717, 1.165) is 32.5 Å². The van der Waals surface area contributed by atoms with E-state index in [1.807, 2.05) is 11.7 Å². The first-order chi connectivity index (χ1) is 10.7. The lowest BCUT2D eigenvalue weighted by molar-refractivity contribution is 0.0844. The van der Waals surface area contributed by atoms with Gasteiger partial charge in [0.25, 0.3) is 0 Å². The van der Waals surface area contributed by atoms with Crippen LogP contribution in [0.3, 0.4) is 0 Å². The average Bonchev–Trinajstić information content (AvgIpc) is 3.14. The molecule has 0 radical (unpaired) electrons. The van der Waals surface area contributed by atoms with Gasteiger partial charge in [-0.05, 0) is 32.3 Å². The predicted molar refractivity (Wildman–Crippen MR) is 85.7 cm³/mol. The Morgan fingerprint density at radius 3 is 2.86 bits per heavy atom. The number of aliphatic hydroxyl groups excluding tert-OH is 1. The van der Waals surface area contributed by atoms with E-state index >= 15 is 0 Å². The Balaban J connectivity index is 1.64. The highest BCUT2D eigenvalue weighted by Gasteiger charge is 2.24. The van der Waals surface area contributed by atoms with Crippen LogP contribution >= 0.6 is 0 Å². The summed E-state index contributed by atoms with van der Waals surface area (Å²) in [4.78, 5) is 0. The van der Waals surface area contributed by atoms with Crippen LogP contribution in [0.2, 0.25) is 0 Å². The molecule has 3 rings (SSSR count). The largest absolute Gasteiger partial charge is 0.396 e. The summed E-state index contributed by atoms with van der Waals surface area (Å²) in [6.07, 6.45) is 7.41. The molecule has 2 N–H and O–H groups in total. The number of ether oxygens (including phenoxy) is 1. The van der Waals surface area contributed by atoms with E-state index in [-0.39, 0.29) is 12.6 Å². The number of aryl methyl sites for hydroxylation is 1. The number of aliphatic hydroxyl groups is 1. The van der Waals surface area contributed by atoms with Crippen LogP contribution in [0.4, 0.5) is 0 Å². The minimum atomic E-state index is 0.239. The zero-order valence-corrected chi connectivity index (χ0v) is 13.5. The lowest BCUT2D eigenvalue weighted by Gasteiger charge is -2.20. The molecule has 1 aromatic heterocycles. The summed E-state index contributed by atoms with van der Waals surface area (Å²) in [7, 11) is 2.03. The van der Waals surface area contributed by atoms with Gasteiger partial charge in [0, 0.05) is 50.8 Å². The van der Waals surface area contributed by atoms with Crippen LogP contribution in [-0.2, 0) is 11.8 Å². The van der Waals surface area contributed by atoms with Crippen LogP contribution < -0.4 is 5.32 Å². The Labute approximate surface area is 132 Å². The first kappa shape index (κ1) is 15.7. The SMILES string of the molecule is CC(N[C@@H]1C=C[C@H](CO)C1)c1cc(C2CCOCC2)nn1C. The molecule has 2 aliphatic rings. The van der Waals surface area contributed by atoms with Gasteiger partial charge in [-0.2, -0.15) is 5.10 Å². The predicted octanol–water partition coefficient (Wildman–Crippen LogP) is 1.90. The Kier molecular flexibility index (Phi) is 4.96. The maximum Gasteiger partial charge on any atom is 0.0660 e. The second kappa shape index (κ2) is 6.94. The molecule has 2 heterocycles. The number of nitrogens with zero attached hydrogens (tertiary/aromatic N) is 2. The zero-order valence-electron chi connectivity index (χ0n) is 13.5. The number of nitrogens with one attached hydrogen (secondary N) is 1. The van der Waals surface area contributed by atoms with Crippen molar-refractivity contribution < 1.29 is 9.84 Å². The van der Waals surface area contributed by atoms with E-state index in [1.165, 1.54) is 11.4 Å². The topological polar surface area (TPSA) is 59.3 Å². The number of hydrogen-bond donors (Lipinski definition) is 2. The lowest BCUT2D eigenvalue weighted by Crippen LogP contribution is -2.30. The molecule has 1 fully saturated rings. The second-order valence-electron chi connectivity index (χ2n) is 6.56. The Morgan fingerprint density at radius 2 is 2.18 bits per heavy atom. The fourth-order valence-electron chi connectivity index (χ4n) is 3.54. The highest BCUT2D eigenvalue weighted by atomic mass is 16.5. The molecule has 1 saturated heterocycles. The standard InChI is InChI=1S/C17H27N3O2/c1-12(18-15-4-3-13(9-15)11-21)17-10-16(19-20(17)2)14-5-7-22-8-6-14/h3-4,10,12-15,18,21H,5-9,11H2,1-2H3/t12?,13-,15+/m0/s1. The van der Waals surface area contributed by atoms with Gasteiger partial charge < -0.3 is 15.2 Å². The van der Waals surface area contributed by atoms with Crippen molar-refractivity contribution in [2.75, 3.05) is 19.8 Å². The van der Waals surface area contributed by atoms with Crippen molar-refractivity contribution in [3.8, 4) is 0 Å². The van der Waals surface area contributed by atoms with Gasteiger partial charge in [0.2, 0.25) is 0 Å². The van der Waals surface area contributed by atoms with Crippen molar-refractivity contribution in [3.63, 3.8) is 0 Å². The third-order valence-electron chi connectivity index (χ3n) is 4.89. The molecule has 0 saturated carbocycles. The van der Waals surface area contributed by atoms with Crippen LogP contribution in [0.5, 0.6) is 0 Å². The third-order valence-corrected chi connectivity index (χ3v) is 4.89. The molecular weight excluding hydrogens is 278 g/mol. The van der Waals surface area contributed by atoms with Crippen molar-refractivity contribution >= 4 is 0 Å². The van der Waals surface area contributed by atoms with Gasteiger partial charge in [-0.3, -0.25) is 4.68 Å². The van der Waals surface area contributed by atoms with E-state index in [9.17, 15) is 5.11 Å². The molecule has 0 amide bonds. The van der Waals surface area contributed by atoms with Gasteiger partial charge in [0.05, 0.1) is 11.4 Å². The van der Waals surface area contributed by atoms with Crippen LogP contribution in [-0.4, -0.2) is 40.7 Å². The fourth-order valence-corrected chi connectivity index (χ4v) is 3.54. The Morgan fingerprint density at radius 1 is 1.41 bits per heavy atom. The van der Waals surface area contributed by atoms with Gasteiger partial charge in [-0.1, -0.05) is 12.2 Å². The minimum absolute atomic E-state index is 0.239. The molecule has 0 aromatic carbocycles. The molecular formula is C17H27N3O2. The first-order valence-electron chi connectivity index (χ1n) is 8.34. The molecule has 3 atom stereocenters. The van der Waals surface area contributed by atoms with Crippen molar-refractivity contribution in [3.05, 3.63) is 29.6 Å². The highest BCUT2D eigenvalue weighted by Crippen LogP contribution is 2.28. The zero-order chi connectivity index (χ0) is 15.5. The highest BCUT2D eigenvalue weighted by molar-refractivity contribution is 5.18. The van der Waals surface area contributed by atoms with Gasteiger partial charge >= 0.3 is 0 Å². The van der Waals surface area contributed by atoms with Crippen molar-refractivity contribution in [2.45, 2.75) is 44.2 Å². The van der Waals surface area contributed by atoms with Crippen molar-refractivity contribution in [1.29, 1.82) is 0 Å². The molecule has 22 heavy (non-hydrogen) atoms. The maximum atomic E-state index is 9.22. The van der Waals surface area contributed by atoms with Gasteiger partial charge in [-0.25, -0.2) is 0 Å². The summed E-state index contributed by atoms with van der Waals surface area (Å²) in [5, 5.41) is 17.6. The molecule has 1 aromatic rings. The van der Waals surface area contributed by atoms with Gasteiger partial charge in [0.1, 0.15) is 0 Å². The van der Waals surface area contributed by atoms with E-state index < -0.39 is 0 Å². The molecule has 0 bridgehead atoms. The normalized spacial score (nSPS) is 27.4. The van der Waals surface area contributed by atoms with Gasteiger partial charge in [-0.15, -0.1) is 0 Å². The molecule has 1 unspecified atom stereocenters. The quantitative estimate of drug-likeness (QED) is 0.816. The lowest BCUT2D eigenvalue weighted by atomic mass is 9.96. The molecule has 122 valence electrons. The number of hydrogen-bond acceptors (Lipinski definition) is 4. The smallest absolute Gasteiger partial charge is 0.0660 e. The van der Waals surface area contributed by atoms with Crippen LogP contribution in [0.1, 0.15) is 49.5 Å². The summed E-state index contributed by atoms with van der Waals surface area (Å²) in [5.41, 5.74) is 2.42. The summed E-state index contributed by atoms with van der Waals surface area (Å²) in [6, 6.07) is 2.84. The van der Waals surface area contributed by atoms with Crippen molar-refractivity contribution in [2.24, 2.45) is 13.0 Å². The van der Waals surface area contributed by atoms with Gasteiger partial charge in [0.15, 0.2) is 0 Å². The summed E-state index contributed by atoms with van der Waals surface area (Å²) in [6.45, 7) is 4.12. The number of aromatic nitrogens is 2. The molecule has 1 aliphatic carbocycles. The number of rotatable bonds is 5. The van der Waals surface area contributed by atoms with Crippen molar-refractivity contribution in [1.82, 2.24) is 15.1 Å². The van der Waals surface area contributed by atoms with E-state index in [1.54, 1.807) is 0 Å². The second-order valence-corrected chi connectivity index (χ2v) is 6.56. The van der Waals surface area contributed by atoms with Crippen LogP contribution in [0.15, 0.2) is 18.2 Å². The molecule has 1 aliphatic heterocycles. The minimum Gasteiger partial charge on any atom is -0.396 e. The fraction of sp³-hybridized carbons (Fsp3) is 0.706. The average molecular weight is 305 g/mol. The van der Waals surface area contributed by atoms with E-state index in [4.69, 9.17) is 9.84 Å². The first-order valence-corrected chi connectivity index (χ1v) is 8.34. The summed E-state index contributed by atoms with van der Waals surface area (Å²) in [5.74, 6) is 0.833.